The fourth-order valence-electron chi connectivity index (χ4n) is 6.32. The van der Waals surface area contributed by atoms with Crippen molar-refractivity contribution in [3.8, 4) is 22.3 Å². The van der Waals surface area contributed by atoms with Gasteiger partial charge in [-0.3, -0.25) is 9.59 Å². The van der Waals surface area contributed by atoms with Gasteiger partial charge in [-0.1, -0.05) is 90.5 Å². The maximum atomic E-state index is 13.2. The molecule has 0 aliphatic carbocycles. The lowest BCUT2D eigenvalue weighted by Gasteiger charge is -2.17. The summed E-state index contributed by atoms with van der Waals surface area (Å²) in [6.07, 6.45) is 0.405. The Morgan fingerprint density at radius 2 is 1.36 bits per heavy atom. The van der Waals surface area contributed by atoms with Crippen molar-refractivity contribution in [3.63, 3.8) is 0 Å². The average Bonchev–Trinajstić information content (AvgIpc) is 3.56. The van der Waals surface area contributed by atoms with Crippen LogP contribution in [-0.4, -0.2) is 35.1 Å². The van der Waals surface area contributed by atoms with Crippen molar-refractivity contribution in [3.05, 3.63) is 119 Å². The number of aryl methyl sites for hydroxylation is 2. The topological polar surface area (TPSA) is 84.2 Å². The number of para-hydroxylation sites is 2. The van der Waals surface area contributed by atoms with E-state index in [-0.39, 0.29) is 31.6 Å². The first-order chi connectivity index (χ1) is 21.9. The number of aromatic amines is 2. The second-order valence-electron chi connectivity index (χ2n) is 11.2. The Labute approximate surface area is 267 Å². The summed E-state index contributed by atoms with van der Waals surface area (Å²) < 4.78 is 11.2. The molecule has 4 aromatic carbocycles. The molecule has 0 bridgehead atoms. The van der Waals surface area contributed by atoms with Gasteiger partial charge in [-0.15, -0.1) is 0 Å². The molecule has 6 rings (SSSR count). The zero-order valence-corrected chi connectivity index (χ0v) is 26.3. The van der Waals surface area contributed by atoms with Crippen molar-refractivity contribution in [2.24, 2.45) is 0 Å². The van der Waals surface area contributed by atoms with E-state index in [1.165, 1.54) is 0 Å². The molecule has 0 saturated heterocycles. The van der Waals surface area contributed by atoms with Gasteiger partial charge in [-0.25, -0.2) is 0 Å². The van der Waals surface area contributed by atoms with Crippen LogP contribution in [0.5, 0.6) is 0 Å². The molecule has 228 valence electrons. The van der Waals surface area contributed by atoms with E-state index >= 15 is 0 Å². The molecule has 2 N–H and O–H groups in total. The fraction of sp³-hybridized carbons (Fsp3) is 0.211. The quantitative estimate of drug-likeness (QED) is 0.150. The van der Waals surface area contributed by atoms with Crippen LogP contribution in [0.15, 0.2) is 91.0 Å². The van der Waals surface area contributed by atoms with Gasteiger partial charge in [0, 0.05) is 38.3 Å². The second-order valence-corrected chi connectivity index (χ2v) is 11.7. The van der Waals surface area contributed by atoms with Crippen LogP contribution in [0.4, 0.5) is 0 Å². The van der Waals surface area contributed by atoms with E-state index < -0.39 is 5.92 Å². The number of esters is 2. The molecule has 0 fully saturated rings. The number of carbonyl (C=O) groups is 2. The van der Waals surface area contributed by atoms with Gasteiger partial charge in [0.1, 0.15) is 0 Å². The van der Waals surface area contributed by atoms with Crippen molar-refractivity contribution in [2.75, 3.05) is 13.2 Å². The molecule has 2 heterocycles. The Kier molecular flexibility index (Phi) is 8.76. The van der Waals surface area contributed by atoms with Gasteiger partial charge in [0.25, 0.3) is 0 Å². The lowest BCUT2D eigenvalue weighted by Crippen LogP contribution is -2.19. The highest BCUT2D eigenvalue weighted by molar-refractivity contribution is 6.30. The van der Waals surface area contributed by atoms with E-state index in [2.05, 4.69) is 28.2 Å². The SMILES string of the molecule is CCOC(=O)C(CCOC(=O)Cc1cccc2c(-c3ccc(Cl)cc3)c(C)[nH]c12)c1cccc2c(-c3ccccc3)c(C)[nH]c12. The van der Waals surface area contributed by atoms with Crippen LogP contribution in [0.3, 0.4) is 0 Å². The fourth-order valence-corrected chi connectivity index (χ4v) is 6.45. The number of ether oxygens (including phenoxy) is 2. The lowest BCUT2D eigenvalue weighted by molar-refractivity contribution is -0.148. The molecule has 2 aromatic heterocycles. The number of halogens is 1. The third-order valence-corrected chi connectivity index (χ3v) is 8.56. The largest absolute Gasteiger partial charge is 0.466 e. The number of aromatic nitrogens is 2. The molecule has 6 nitrogen and oxygen atoms in total. The smallest absolute Gasteiger partial charge is 0.313 e. The molecule has 45 heavy (non-hydrogen) atoms. The molecule has 6 aromatic rings. The van der Waals surface area contributed by atoms with Crippen LogP contribution >= 0.6 is 11.6 Å². The zero-order valence-electron chi connectivity index (χ0n) is 25.6. The number of carbonyl (C=O) groups excluding carboxylic acids is 2. The van der Waals surface area contributed by atoms with Gasteiger partial charge < -0.3 is 19.4 Å². The summed E-state index contributed by atoms with van der Waals surface area (Å²) in [5.74, 6) is -1.29. The minimum absolute atomic E-state index is 0.0830. The number of H-pyrrole nitrogens is 2. The van der Waals surface area contributed by atoms with Crippen LogP contribution in [-0.2, 0) is 25.5 Å². The Morgan fingerprint density at radius 1 is 0.733 bits per heavy atom. The summed E-state index contributed by atoms with van der Waals surface area (Å²) >= 11 is 6.11. The van der Waals surface area contributed by atoms with Gasteiger partial charge in [0.05, 0.1) is 36.6 Å². The molecular weight excluding hydrogens is 584 g/mol. The number of benzene rings is 4. The molecule has 0 spiro atoms. The maximum Gasteiger partial charge on any atom is 0.313 e. The molecule has 1 atom stereocenters. The number of hydrogen-bond acceptors (Lipinski definition) is 4. The summed E-state index contributed by atoms with van der Waals surface area (Å²) in [5.41, 5.74) is 9.85. The summed E-state index contributed by atoms with van der Waals surface area (Å²) in [5, 5.41) is 2.75. The molecule has 0 aliphatic rings. The van der Waals surface area contributed by atoms with Gasteiger partial charge in [0.15, 0.2) is 0 Å². The molecule has 7 heteroatoms. The number of rotatable bonds is 10. The molecule has 0 saturated carbocycles. The van der Waals surface area contributed by atoms with Gasteiger partial charge in [0.2, 0.25) is 0 Å². The molecule has 0 amide bonds. The van der Waals surface area contributed by atoms with E-state index in [1.54, 1.807) is 6.92 Å². The molecular formula is C38H35ClN2O4. The van der Waals surface area contributed by atoms with Crippen molar-refractivity contribution >= 4 is 45.3 Å². The average molecular weight is 619 g/mol. The highest BCUT2D eigenvalue weighted by Crippen LogP contribution is 2.37. The summed E-state index contributed by atoms with van der Waals surface area (Å²) in [6, 6.07) is 29.9. The third kappa shape index (κ3) is 6.11. The second kappa shape index (κ2) is 13.0. The summed E-state index contributed by atoms with van der Waals surface area (Å²) in [7, 11) is 0. The molecule has 0 aliphatic heterocycles. The maximum absolute atomic E-state index is 13.2. The van der Waals surface area contributed by atoms with Crippen LogP contribution in [0, 0.1) is 13.8 Å². The van der Waals surface area contributed by atoms with E-state index in [0.29, 0.717) is 11.4 Å². The first-order valence-corrected chi connectivity index (χ1v) is 15.6. The van der Waals surface area contributed by atoms with Gasteiger partial charge in [-0.2, -0.15) is 0 Å². The van der Waals surface area contributed by atoms with Crippen LogP contribution in [0.2, 0.25) is 5.02 Å². The minimum Gasteiger partial charge on any atom is -0.466 e. The predicted molar refractivity (Wildman–Crippen MR) is 181 cm³/mol. The van der Waals surface area contributed by atoms with E-state index in [9.17, 15) is 9.59 Å². The molecule has 1 unspecified atom stereocenters. The minimum atomic E-state index is -0.598. The zero-order chi connectivity index (χ0) is 31.5. The van der Waals surface area contributed by atoms with Gasteiger partial charge >= 0.3 is 11.9 Å². The monoisotopic (exact) mass is 618 g/mol. The van der Waals surface area contributed by atoms with Crippen molar-refractivity contribution < 1.29 is 19.1 Å². The normalized spacial score (nSPS) is 12.0. The Hall–Kier alpha value is -4.81. The summed E-state index contributed by atoms with van der Waals surface area (Å²) in [4.78, 5) is 33.3. The van der Waals surface area contributed by atoms with E-state index in [1.807, 2.05) is 86.6 Å². The predicted octanol–water partition coefficient (Wildman–Crippen LogP) is 9.08. The lowest BCUT2D eigenvalue weighted by atomic mass is 9.92. The van der Waals surface area contributed by atoms with E-state index in [0.717, 1.165) is 66.6 Å². The molecule has 0 radical (unpaired) electrons. The number of fused-ring (bicyclic) bond motifs is 2. The standard InChI is InChI=1S/C38H35ClN2O4/c1-4-44-38(43)30(29-13-9-15-32-34(24(3)41-37(29)32)25-10-6-5-7-11-25)20-21-45-33(42)22-27-12-8-14-31-35(23(2)40-36(27)31)26-16-18-28(39)19-17-26/h5-19,30,40-41H,4,20-22H2,1-3H3. The van der Waals surface area contributed by atoms with Crippen LogP contribution in [0.1, 0.15) is 41.8 Å². The van der Waals surface area contributed by atoms with Crippen LogP contribution in [0.25, 0.3) is 44.1 Å². The van der Waals surface area contributed by atoms with Crippen molar-refractivity contribution in [1.29, 1.82) is 0 Å². The highest BCUT2D eigenvalue weighted by Gasteiger charge is 2.26. The Balaban J connectivity index is 1.21. The third-order valence-electron chi connectivity index (χ3n) is 8.31. The number of hydrogen-bond donors (Lipinski definition) is 2. The Bertz CT molecular complexity index is 1990. The number of nitrogens with one attached hydrogen (secondary N) is 2. The van der Waals surface area contributed by atoms with Gasteiger partial charge in [-0.05, 0) is 61.6 Å². The van der Waals surface area contributed by atoms with Crippen LogP contribution < -0.4 is 0 Å². The first-order valence-electron chi connectivity index (χ1n) is 15.2. The summed E-state index contributed by atoms with van der Waals surface area (Å²) in [6.45, 7) is 6.21. The first kappa shape index (κ1) is 30.2. The highest BCUT2D eigenvalue weighted by atomic mass is 35.5. The van der Waals surface area contributed by atoms with Crippen molar-refractivity contribution in [2.45, 2.75) is 39.5 Å². The van der Waals surface area contributed by atoms with Crippen molar-refractivity contribution in [1.82, 2.24) is 9.97 Å². The Morgan fingerprint density at radius 3 is 2.04 bits per heavy atom. The van der Waals surface area contributed by atoms with E-state index in [4.69, 9.17) is 21.1 Å².